The zero-order chi connectivity index (χ0) is 23.3. The van der Waals surface area contributed by atoms with Crippen LogP contribution in [0.15, 0.2) is 29.3 Å². The van der Waals surface area contributed by atoms with Crippen molar-refractivity contribution in [3.63, 3.8) is 0 Å². The van der Waals surface area contributed by atoms with Crippen LogP contribution in [0.5, 0.6) is 0 Å². The van der Waals surface area contributed by atoms with Crippen LogP contribution in [0.1, 0.15) is 33.5 Å². The van der Waals surface area contributed by atoms with Crippen LogP contribution in [0.4, 0.5) is 19.3 Å². The summed E-state index contributed by atoms with van der Waals surface area (Å²) < 4.78 is 53.4. The Hall–Kier alpha value is -3.59. The fourth-order valence-electron chi connectivity index (χ4n) is 2.66. The van der Waals surface area contributed by atoms with Crippen molar-refractivity contribution < 1.29 is 29.6 Å². The molecule has 0 aliphatic carbocycles. The first-order valence-corrected chi connectivity index (χ1v) is 10.5. The fraction of sp³-hybridized carbons (Fsp3) is 0.263. The highest BCUT2D eigenvalue weighted by Crippen LogP contribution is 2.33. The highest BCUT2D eigenvalue weighted by atomic mass is 32.2. The predicted molar refractivity (Wildman–Crippen MR) is 110 cm³/mol. The number of rotatable bonds is 4. The molecule has 3 amide bonds. The van der Waals surface area contributed by atoms with Gasteiger partial charge < -0.3 is 10.6 Å². The average molecular weight is 455 g/mol. The molecule has 1 aliphatic heterocycles. The number of sulfonamides is 1. The first kappa shape index (κ1) is 23.7. The maximum absolute atomic E-state index is 14.2. The number of anilines is 1. The molecular formula is C19H23F2N5O4S. The summed E-state index contributed by atoms with van der Waals surface area (Å²) in [4.78, 5) is 27.2. The Labute approximate surface area is 180 Å². The van der Waals surface area contributed by atoms with E-state index in [2.05, 4.69) is 15.6 Å². The van der Waals surface area contributed by atoms with Crippen molar-refractivity contribution in [2.45, 2.75) is 32.2 Å². The lowest BCUT2D eigenvalue weighted by Crippen LogP contribution is -2.49. The topological polar surface area (TPSA) is 132 Å². The van der Waals surface area contributed by atoms with E-state index >= 15 is 0 Å². The lowest BCUT2D eigenvalue weighted by Gasteiger charge is -2.28. The van der Waals surface area contributed by atoms with Gasteiger partial charge in [-0.3, -0.25) is 9.78 Å². The van der Waals surface area contributed by atoms with Gasteiger partial charge in [-0.1, -0.05) is 13.8 Å². The Morgan fingerprint density at radius 1 is 1.29 bits per heavy atom. The molecule has 31 heavy (non-hydrogen) atoms. The normalized spacial score (nSPS) is 13.8. The van der Waals surface area contributed by atoms with Crippen molar-refractivity contribution in [1.29, 1.82) is 5.26 Å². The van der Waals surface area contributed by atoms with E-state index in [4.69, 9.17) is 5.26 Å². The van der Waals surface area contributed by atoms with Crippen LogP contribution >= 0.6 is 0 Å². The van der Waals surface area contributed by atoms with Crippen molar-refractivity contribution in [1.82, 2.24) is 14.6 Å². The van der Waals surface area contributed by atoms with Gasteiger partial charge in [0.2, 0.25) is 5.91 Å². The zero-order valence-electron chi connectivity index (χ0n) is 16.9. The number of amides is 3. The first-order chi connectivity index (χ1) is 14.6. The Morgan fingerprint density at radius 3 is 2.58 bits per heavy atom. The second-order valence-electron chi connectivity index (χ2n) is 6.11. The Bertz CT molecular complexity index is 1190. The van der Waals surface area contributed by atoms with Gasteiger partial charge in [-0.2, -0.15) is 5.26 Å². The molecule has 0 fully saturated rings. The summed E-state index contributed by atoms with van der Waals surface area (Å²) in [6.45, 7) is 4.17. The third-order valence-corrected chi connectivity index (χ3v) is 5.80. The molecule has 168 valence electrons. The number of halogens is 2. The number of carbonyl (C=O) groups is 2. The summed E-state index contributed by atoms with van der Waals surface area (Å²) in [7, 11) is -4.61. The molecule has 2 N–H and O–H groups in total. The number of urea groups is 1. The third kappa shape index (κ3) is 4.95. The van der Waals surface area contributed by atoms with Gasteiger partial charge in [-0.05, 0) is 30.7 Å². The molecule has 2 aromatic rings. The SMILES string of the molecule is CC.Cc1cc(F)c2c(c1)NC(=O)N(CC(=O)NCc1ncc(C#N)cc1F)S2(=O)=O.[HH].[HH]. The highest BCUT2D eigenvalue weighted by Gasteiger charge is 2.40. The average Bonchev–Trinajstić information content (AvgIpc) is 2.70. The van der Waals surface area contributed by atoms with E-state index in [1.165, 1.54) is 13.0 Å². The quantitative estimate of drug-likeness (QED) is 0.728. The van der Waals surface area contributed by atoms with Gasteiger partial charge in [0.1, 0.15) is 29.1 Å². The second kappa shape index (κ2) is 9.48. The molecule has 1 aromatic carbocycles. The summed E-state index contributed by atoms with van der Waals surface area (Å²) in [5, 5.41) is 13.1. The van der Waals surface area contributed by atoms with Crippen molar-refractivity contribution in [2.75, 3.05) is 11.9 Å². The van der Waals surface area contributed by atoms with Crippen LogP contribution < -0.4 is 10.6 Å². The van der Waals surface area contributed by atoms with Crippen molar-refractivity contribution in [2.24, 2.45) is 0 Å². The van der Waals surface area contributed by atoms with E-state index in [1.807, 2.05) is 13.8 Å². The molecule has 0 saturated carbocycles. The van der Waals surface area contributed by atoms with Gasteiger partial charge in [-0.15, -0.1) is 0 Å². The van der Waals surface area contributed by atoms with Crippen molar-refractivity contribution in [3.05, 3.63) is 52.9 Å². The van der Waals surface area contributed by atoms with Crippen molar-refractivity contribution >= 4 is 27.6 Å². The number of nitrogens with one attached hydrogen (secondary N) is 2. The van der Waals surface area contributed by atoms with E-state index in [9.17, 15) is 26.8 Å². The van der Waals surface area contributed by atoms with Gasteiger partial charge in [-0.25, -0.2) is 26.3 Å². The number of aromatic nitrogens is 1. The molecule has 0 spiro atoms. The first-order valence-electron chi connectivity index (χ1n) is 9.08. The monoisotopic (exact) mass is 455 g/mol. The number of carbonyl (C=O) groups excluding carboxylic acids is 2. The smallest absolute Gasteiger partial charge is 0.336 e. The summed E-state index contributed by atoms with van der Waals surface area (Å²) >= 11 is 0. The van der Waals surface area contributed by atoms with Gasteiger partial charge >= 0.3 is 6.03 Å². The van der Waals surface area contributed by atoms with Crippen LogP contribution in [-0.4, -0.2) is 36.2 Å². The molecule has 0 saturated heterocycles. The van der Waals surface area contributed by atoms with Gasteiger partial charge in [0.05, 0.1) is 23.5 Å². The predicted octanol–water partition coefficient (Wildman–Crippen LogP) is 2.91. The van der Waals surface area contributed by atoms with Crippen molar-refractivity contribution in [3.8, 4) is 6.07 Å². The van der Waals surface area contributed by atoms with E-state index in [0.717, 1.165) is 18.3 Å². The largest absolute Gasteiger partial charge is 0.349 e. The summed E-state index contributed by atoms with van der Waals surface area (Å²) in [6.07, 6.45) is 1.11. The standard InChI is InChI=1S/C17H13F2N5O4S.C2H6.2H2/c1-9-2-12(19)16-13(3-9)23-17(26)24(29(16,27)28)8-15(25)22-7-14-11(18)4-10(5-20)6-21-14;1-2;;/h2-4,6H,7-8H2,1H3,(H,22,25)(H,23,26);1-2H3;2*1H. The lowest BCUT2D eigenvalue weighted by atomic mass is 10.2. The van der Waals surface area contributed by atoms with E-state index < -0.39 is 51.6 Å². The molecule has 0 bridgehead atoms. The molecule has 0 radical (unpaired) electrons. The molecular weight excluding hydrogens is 432 g/mol. The number of fused-ring (bicyclic) bond motifs is 1. The van der Waals surface area contributed by atoms with Crippen LogP contribution in [0.2, 0.25) is 0 Å². The Morgan fingerprint density at radius 2 is 1.97 bits per heavy atom. The second-order valence-corrected chi connectivity index (χ2v) is 7.91. The molecule has 12 heteroatoms. The molecule has 3 rings (SSSR count). The van der Waals surface area contributed by atoms with Gasteiger partial charge in [0.25, 0.3) is 10.0 Å². The number of hydrogen-bond donors (Lipinski definition) is 2. The number of nitrogens with zero attached hydrogens (tertiary/aromatic N) is 3. The fourth-order valence-corrected chi connectivity index (χ4v) is 4.13. The third-order valence-electron chi connectivity index (χ3n) is 3.99. The minimum Gasteiger partial charge on any atom is -0.349 e. The number of nitriles is 1. The van der Waals surface area contributed by atoms with E-state index in [1.54, 1.807) is 6.07 Å². The van der Waals surface area contributed by atoms with E-state index in [0.29, 0.717) is 5.56 Å². The molecule has 0 unspecified atom stereocenters. The maximum Gasteiger partial charge on any atom is 0.336 e. The minimum absolute atomic E-state index is 0. The maximum atomic E-state index is 14.2. The van der Waals surface area contributed by atoms with Gasteiger partial charge in [0.15, 0.2) is 0 Å². The Balaban J connectivity index is 0.00000249. The molecule has 0 atom stereocenters. The minimum atomic E-state index is -4.61. The van der Waals surface area contributed by atoms with Crippen LogP contribution in [-0.2, 0) is 21.4 Å². The number of pyridine rings is 1. The van der Waals surface area contributed by atoms with Crippen LogP contribution in [0, 0.1) is 29.9 Å². The molecule has 9 nitrogen and oxygen atoms in total. The lowest BCUT2D eigenvalue weighted by molar-refractivity contribution is -0.121. The van der Waals surface area contributed by atoms with Crippen LogP contribution in [0.3, 0.4) is 0 Å². The number of aryl methyl sites for hydroxylation is 1. The number of hydrogen-bond acceptors (Lipinski definition) is 6. The Kier molecular flexibility index (Phi) is 7.24. The van der Waals surface area contributed by atoms with Gasteiger partial charge in [0, 0.05) is 9.05 Å². The molecule has 1 aliphatic rings. The summed E-state index contributed by atoms with van der Waals surface area (Å²) in [5.74, 6) is -2.83. The van der Waals surface area contributed by atoms with E-state index in [-0.39, 0.29) is 24.1 Å². The highest BCUT2D eigenvalue weighted by molar-refractivity contribution is 7.90. The zero-order valence-corrected chi connectivity index (χ0v) is 17.7. The number of benzene rings is 1. The molecule has 1 aromatic heterocycles. The van der Waals surface area contributed by atoms with Crippen LogP contribution in [0.25, 0.3) is 0 Å². The molecule has 2 heterocycles. The summed E-state index contributed by atoms with van der Waals surface area (Å²) in [6, 6.07) is 3.80. The summed E-state index contributed by atoms with van der Waals surface area (Å²) in [5.41, 5.74) is -0.00680.